The fourth-order valence-electron chi connectivity index (χ4n) is 0.489. The number of aromatic carboxylic acids is 1. The Balaban J connectivity index is 0.000000810. The Morgan fingerprint density at radius 1 is 1.60 bits per heavy atom. The molecule has 0 aromatic carbocycles. The van der Waals surface area contributed by atoms with Crippen LogP contribution in [0.4, 0.5) is 0 Å². The van der Waals surface area contributed by atoms with Gasteiger partial charge >= 0.3 is 5.97 Å². The van der Waals surface area contributed by atoms with Crippen LogP contribution < -0.4 is 0 Å². The second-order valence-corrected chi connectivity index (χ2v) is 1.55. The number of hydrogen-bond acceptors (Lipinski definition) is 2. The van der Waals surface area contributed by atoms with Gasteiger partial charge in [0.15, 0.2) is 0 Å². The molecule has 0 aliphatic heterocycles. The number of nitrogens with zero attached hydrogens (tertiary/aromatic N) is 1. The molecule has 1 aromatic heterocycles. The molecule has 53 valence electrons. The van der Waals surface area contributed by atoms with Gasteiger partial charge in [-0.2, -0.15) is 0 Å². The van der Waals surface area contributed by atoms with Crippen molar-refractivity contribution in [2.45, 2.75) is 0 Å². The van der Waals surface area contributed by atoms with Gasteiger partial charge < -0.3 is 5.11 Å². The first-order valence-electron chi connectivity index (χ1n) is 2.44. The summed E-state index contributed by atoms with van der Waals surface area (Å²) in [5, 5.41) is 8.34. The van der Waals surface area contributed by atoms with Crippen molar-refractivity contribution in [3.05, 3.63) is 30.1 Å². The van der Waals surface area contributed by atoms with Gasteiger partial charge in [-0.15, -0.1) is 0 Å². The number of pyridine rings is 1. The molecule has 1 N–H and O–H groups in total. The molecule has 10 heavy (non-hydrogen) atoms. The molecule has 3 nitrogen and oxygen atoms in total. The first-order valence-corrected chi connectivity index (χ1v) is 2.44. The number of carboxylic acid groups (broad SMARTS) is 1. The summed E-state index contributed by atoms with van der Waals surface area (Å²) in [5.41, 5.74) is 0.220. The molecule has 0 saturated heterocycles. The first kappa shape index (κ1) is 9.14. The fraction of sp³-hybridized carbons (Fsp3) is 0. The van der Waals surface area contributed by atoms with E-state index < -0.39 is 5.97 Å². The molecule has 1 rings (SSSR count). The number of carbonyl (C=O) groups is 1. The first-order chi connectivity index (χ1) is 4.30. The maximum atomic E-state index is 10.2. The van der Waals surface area contributed by atoms with Crippen molar-refractivity contribution in [2.24, 2.45) is 0 Å². The Bertz CT molecular complexity index is 212. The Labute approximate surface area is 68.6 Å². The van der Waals surface area contributed by atoms with Crippen LogP contribution in [0.2, 0.25) is 0 Å². The summed E-state index contributed by atoms with van der Waals surface area (Å²) < 4.78 is 0. The quantitative estimate of drug-likeness (QED) is 0.646. The van der Waals surface area contributed by atoms with Gasteiger partial charge in [0.1, 0.15) is 0 Å². The molecular formula is C6H5MnNO2. The van der Waals surface area contributed by atoms with E-state index in [9.17, 15) is 4.79 Å². The summed E-state index contributed by atoms with van der Waals surface area (Å²) in [5.74, 6) is -0.942. The summed E-state index contributed by atoms with van der Waals surface area (Å²) in [4.78, 5) is 13.8. The average Bonchev–Trinajstić information content (AvgIpc) is 1.90. The van der Waals surface area contributed by atoms with E-state index in [1.54, 1.807) is 6.07 Å². The minimum absolute atomic E-state index is 0. The van der Waals surface area contributed by atoms with Crippen molar-refractivity contribution >= 4 is 5.97 Å². The number of aromatic nitrogens is 1. The molecular weight excluding hydrogens is 173 g/mol. The number of carboxylic acids is 1. The van der Waals surface area contributed by atoms with Crippen LogP contribution in [0.15, 0.2) is 24.5 Å². The molecule has 0 amide bonds. The second kappa shape index (κ2) is 4.04. The predicted molar refractivity (Wildman–Crippen MR) is 31.2 cm³/mol. The molecule has 1 aromatic rings. The van der Waals surface area contributed by atoms with Crippen molar-refractivity contribution in [3.8, 4) is 0 Å². The SMILES string of the molecule is O=C(O)c1cccnc1.[Mn]. The Hall–Kier alpha value is -0.861. The van der Waals surface area contributed by atoms with Crippen LogP contribution in [0.5, 0.6) is 0 Å². The van der Waals surface area contributed by atoms with Crippen molar-refractivity contribution in [1.82, 2.24) is 4.98 Å². The van der Waals surface area contributed by atoms with Crippen molar-refractivity contribution in [3.63, 3.8) is 0 Å². The molecule has 4 heteroatoms. The van der Waals surface area contributed by atoms with Gasteiger partial charge in [-0.05, 0) is 12.1 Å². The van der Waals surface area contributed by atoms with Crippen LogP contribution in [0, 0.1) is 0 Å². The minimum atomic E-state index is -0.942. The van der Waals surface area contributed by atoms with Gasteiger partial charge in [0.05, 0.1) is 5.56 Å². The minimum Gasteiger partial charge on any atom is -0.478 e. The molecule has 0 aliphatic carbocycles. The molecule has 0 saturated carbocycles. The summed E-state index contributed by atoms with van der Waals surface area (Å²) in [6, 6.07) is 3.08. The predicted octanol–water partition coefficient (Wildman–Crippen LogP) is 0.777. The zero-order chi connectivity index (χ0) is 6.69. The zero-order valence-corrected chi connectivity index (χ0v) is 6.17. The fourth-order valence-corrected chi connectivity index (χ4v) is 0.489. The third-order valence-corrected chi connectivity index (χ3v) is 0.908. The molecule has 0 bridgehead atoms. The van der Waals surface area contributed by atoms with Crippen LogP contribution in [0.1, 0.15) is 10.4 Å². The van der Waals surface area contributed by atoms with Gasteiger partial charge in [0, 0.05) is 29.5 Å². The van der Waals surface area contributed by atoms with Crippen molar-refractivity contribution in [2.75, 3.05) is 0 Å². The Morgan fingerprint density at radius 2 is 2.30 bits per heavy atom. The summed E-state index contributed by atoms with van der Waals surface area (Å²) in [6.07, 6.45) is 2.84. The van der Waals surface area contributed by atoms with Crippen molar-refractivity contribution in [1.29, 1.82) is 0 Å². The van der Waals surface area contributed by atoms with Crippen LogP contribution in [-0.2, 0) is 17.1 Å². The van der Waals surface area contributed by atoms with Gasteiger partial charge in [-0.3, -0.25) is 4.98 Å². The van der Waals surface area contributed by atoms with Crippen molar-refractivity contribution < 1.29 is 27.0 Å². The number of rotatable bonds is 1. The summed E-state index contributed by atoms with van der Waals surface area (Å²) in [7, 11) is 0. The van der Waals surface area contributed by atoms with Crippen LogP contribution in [0.3, 0.4) is 0 Å². The maximum absolute atomic E-state index is 10.2. The van der Waals surface area contributed by atoms with E-state index in [4.69, 9.17) is 5.11 Å². The molecule has 1 radical (unpaired) electrons. The van der Waals surface area contributed by atoms with Gasteiger partial charge in [-0.25, -0.2) is 4.79 Å². The molecule has 0 unspecified atom stereocenters. The third kappa shape index (κ3) is 2.17. The summed E-state index contributed by atoms with van der Waals surface area (Å²) >= 11 is 0. The average molecular weight is 178 g/mol. The van der Waals surface area contributed by atoms with Crippen LogP contribution in [0.25, 0.3) is 0 Å². The molecule has 1 heterocycles. The monoisotopic (exact) mass is 178 g/mol. The smallest absolute Gasteiger partial charge is 0.337 e. The van der Waals surface area contributed by atoms with Crippen LogP contribution >= 0.6 is 0 Å². The largest absolute Gasteiger partial charge is 0.478 e. The van der Waals surface area contributed by atoms with Crippen LogP contribution in [-0.4, -0.2) is 16.1 Å². The Morgan fingerprint density at radius 3 is 2.60 bits per heavy atom. The van der Waals surface area contributed by atoms with E-state index in [2.05, 4.69) is 4.98 Å². The molecule has 0 atom stereocenters. The zero-order valence-electron chi connectivity index (χ0n) is 4.99. The van der Waals surface area contributed by atoms with Gasteiger partial charge in [0.2, 0.25) is 0 Å². The number of hydrogen-bond donors (Lipinski definition) is 1. The standard InChI is InChI=1S/C6H5NO2.Mn/c8-6(9)5-2-1-3-7-4-5;/h1-4H,(H,8,9);. The Kier molecular flexibility index (Phi) is 3.69. The van der Waals surface area contributed by atoms with Gasteiger partial charge in [-0.1, -0.05) is 0 Å². The molecule has 0 spiro atoms. The van der Waals surface area contributed by atoms with E-state index in [0.717, 1.165) is 0 Å². The van der Waals surface area contributed by atoms with E-state index in [1.165, 1.54) is 18.5 Å². The van der Waals surface area contributed by atoms with E-state index in [0.29, 0.717) is 0 Å². The van der Waals surface area contributed by atoms with E-state index in [1.807, 2.05) is 0 Å². The molecule has 0 fully saturated rings. The summed E-state index contributed by atoms with van der Waals surface area (Å²) in [6.45, 7) is 0. The molecule has 0 aliphatic rings. The maximum Gasteiger partial charge on any atom is 0.337 e. The normalized spacial score (nSPS) is 8.00. The van der Waals surface area contributed by atoms with E-state index in [-0.39, 0.29) is 22.6 Å². The third-order valence-electron chi connectivity index (χ3n) is 0.908. The second-order valence-electron chi connectivity index (χ2n) is 1.55. The van der Waals surface area contributed by atoms with E-state index >= 15 is 0 Å². The van der Waals surface area contributed by atoms with Gasteiger partial charge in [0.25, 0.3) is 0 Å². The topological polar surface area (TPSA) is 50.2 Å².